The van der Waals surface area contributed by atoms with Crippen molar-refractivity contribution in [3.63, 3.8) is 0 Å². The Morgan fingerprint density at radius 2 is 2.00 bits per heavy atom. The zero-order chi connectivity index (χ0) is 20.4. The molecule has 3 aromatic rings. The summed E-state index contributed by atoms with van der Waals surface area (Å²) in [6.45, 7) is 6.36. The first-order valence-electron chi connectivity index (χ1n) is 9.73. The van der Waals surface area contributed by atoms with Gasteiger partial charge in [0, 0.05) is 27.0 Å². The summed E-state index contributed by atoms with van der Waals surface area (Å²) in [5.74, 6) is 1.48. The van der Waals surface area contributed by atoms with Crippen LogP contribution in [0.5, 0.6) is 5.88 Å². The molecule has 150 valence electrons. The van der Waals surface area contributed by atoms with E-state index in [-0.39, 0.29) is 6.23 Å². The molecule has 0 aliphatic carbocycles. The number of anilines is 1. The first-order chi connectivity index (χ1) is 14.0. The van der Waals surface area contributed by atoms with Crippen LogP contribution in [0.25, 0.3) is 11.3 Å². The topological polar surface area (TPSA) is 59.9 Å². The summed E-state index contributed by atoms with van der Waals surface area (Å²) < 4.78 is 7.36. The molecule has 0 saturated heterocycles. The van der Waals surface area contributed by atoms with Crippen molar-refractivity contribution in [2.75, 3.05) is 11.1 Å². The van der Waals surface area contributed by atoms with E-state index >= 15 is 0 Å². The van der Waals surface area contributed by atoms with Crippen LogP contribution in [0.1, 0.15) is 42.7 Å². The molecule has 0 unspecified atom stereocenters. The van der Waals surface area contributed by atoms with Crippen molar-refractivity contribution in [3.05, 3.63) is 57.6 Å². The second-order valence-electron chi connectivity index (χ2n) is 7.14. The van der Waals surface area contributed by atoms with Gasteiger partial charge in [0.2, 0.25) is 11.0 Å². The summed E-state index contributed by atoms with van der Waals surface area (Å²) in [5.41, 5.74) is 5.96. The lowest BCUT2D eigenvalue weighted by Gasteiger charge is -2.21. The Balaban J connectivity index is 1.80. The molecular weight excluding hydrogens is 448 g/mol. The largest absolute Gasteiger partial charge is 0.448 e. The number of nitrogens with one attached hydrogen (secondary N) is 1. The van der Waals surface area contributed by atoms with Crippen LogP contribution < -0.4 is 10.1 Å². The monoisotopic (exact) mass is 470 g/mol. The Morgan fingerprint density at radius 3 is 2.83 bits per heavy atom. The van der Waals surface area contributed by atoms with E-state index in [1.54, 1.807) is 11.8 Å². The highest BCUT2D eigenvalue weighted by atomic mass is 79.9. The van der Waals surface area contributed by atoms with E-state index in [1.165, 1.54) is 5.56 Å². The summed E-state index contributed by atoms with van der Waals surface area (Å²) >= 11 is 5.18. The molecule has 0 saturated carbocycles. The van der Waals surface area contributed by atoms with Crippen LogP contribution in [0.4, 0.5) is 5.69 Å². The smallest absolute Gasteiger partial charge is 0.247 e. The molecule has 1 aliphatic rings. The van der Waals surface area contributed by atoms with E-state index in [0.29, 0.717) is 16.7 Å². The van der Waals surface area contributed by atoms with Gasteiger partial charge in [-0.1, -0.05) is 64.8 Å². The Labute approximate surface area is 183 Å². The third-order valence-corrected chi connectivity index (χ3v) is 6.25. The lowest BCUT2D eigenvalue weighted by Crippen LogP contribution is -2.18. The Kier molecular flexibility index (Phi) is 6.06. The number of rotatable bonds is 5. The molecule has 0 fully saturated rings. The maximum atomic E-state index is 6.39. The van der Waals surface area contributed by atoms with Gasteiger partial charge in [-0.15, -0.1) is 10.2 Å². The standard InChI is InChI=1S/C22H23BrN4OS/c1-4-5-10-29-22-25-21-19(26-27-22)17-12-15(23)8-9-18(17)24-20(28-21)16-11-13(2)6-7-14(16)3/h6-9,11-12,20,24H,4-5,10H2,1-3H3/t20-/m1/s1. The Bertz CT molecular complexity index is 1040. The van der Waals surface area contributed by atoms with Crippen LogP contribution in [0.3, 0.4) is 0 Å². The molecule has 0 radical (unpaired) electrons. The van der Waals surface area contributed by atoms with Crippen LogP contribution in [0.15, 0.2) is 46.0 Å². The van der Waals surface area contributed by atoms with Gasteiger partial charge in [-0.3, -0.25) is 0 Å². The van der Waals surface area contributed by atoms with Crippen LogP contribution >= 0.6 is 27.7 Å². The molecule has 2 aromatic carbocycles. The maximum Gasteiger partial charge on any atom is 0.247 e. The molecule has 5 nitrogen and oxygen atoms in total. The highest BCUT2D eigenvalue weighted by Crippen LogP contribution is 2.41. The number of hydrogen-bond donors (Lipinski definition) is 1. The van der Waals surface area contributed by atoms with Gasteiger partial charge in [0.15, 0.2) is 11.9 Å². The zero-order valence-corrected chi connectivity index (χ0v) is 19.1. The van der Waals surface area contributed by atoms with Gasteiger partial charge < -0.3 is 10.1 Å². The van der Waals surface area contributed by atoms with Gasteiger partial charge in [-0.2, -0.15) is 4.98 Å². The fourth-order valence-electron chi connectivity index (χ4n) is 3.22. The van der Waals surface area contributed by atoms with Crippen molar-refractivity contribution in [2.45, 2.75) is 45.0 Å². The summed E-state index contributed by atoms with van der Waals surface area (Å²) in [7, 11) is 0. The number of benzene rings is 2. The molecule has 0 amide bonds. The number of aromatic nitrogens is 3. The Morgan fingerprint density at radius 1 is 1.14 bits per heavy atom. The van der Waals surface area contributed by atoms with Crippen LogP contribution in [0.2, 0.25) is 0 Å². The molecule has 7 heteroatoms. The lowest BCUT2D eigenvalue weighted by molar-refractivity contribution is 0.224. The maximum absolute atomic E-state index is 6.39. The van der Waals surface area contributed by atoms with Crippen molar-refractivity contribution >= 4 is 33.4 Å². The number of halogens is 1. The van der Waals surface area contributed by atoms with Crippen LogP contribution in [-0.4, -0.2) is 20.9 Å². The number of hydrogen-bond acceptors (Lipinski definition) is 6. The number of fused-ring (bicyclic) bond motifs is 3. The van der Waals surface area contributed by atoms with Gasteiger partial charge >= 0.3 is 0 Å². The fraction of sp³-hybridized carbons (Fsp3) is 0.318. The van der Waals surface area contributed by atoms with Crippen molar-refractivity contribution in [2.24, 2.45) is 0 Å². The predicted molar refractivity (Wildman–Crippen MR) is 122 cm³/mol. The Hall–Kier alpha value is -2.12. The molecule has 1 atom stereocenters. The van der Waals surface area contributed by atoms with Crippen molar-refractivity contribution in [1.82, 2.24) is 15.2 Å². The normalized spacial score (nSPS) is 15.0. The quantitative estimate of drug-likeness (QED) is 0.348. The third kappa shape index (κ3) is 4.41. The molecule has 2 heterocycles. The average molecular weight is 471 g/mol. The second-order valence-corrected chi connectivity index (χ2v) is 9.12. The van der Waals surface area contributed by atoms with Gasteiger partial charge in [-0.05, 0) is 44.0 Å². The minimum atomic E-state index is -0.360. The summed E-state index contributed by atoms with van der Waals surface area (Å²) in [6.07, 6.45) is 1.90. The number of aryl methyl sites for hydroxylation is 2. The van der Waals surface area contributed by atoms with E-state index in [0.717, 1.165) is 45.4 Å². The predicted octanol–water partition coefficient (Wildman–Crippen LogP) is 6.31. The molecule has 1 aliphatic heterocycles. The minimum Gasteiger partial charge on any atom is -0.448 e. The second kappa shape index (κ2) is 8.71. The molecule has 1 aromatic heterocycles. The number of unbranched alkanes of at least 4 members (excludes halogenated alkanes) is 1. The zero-order valence-electron chi connectivity index (χ0n) is 16.7. The summed E-state index contributed by atoms with van der Waals surface area (Å²) in [6, 6.07) is 12.4. The first kappa shape index (κ1) is 20.2. The third-order valence-electron chi connectivity index (χ3n) is 4.83. The number of nitrogens with zero attached hydrogens (tertiary/aromatic N) is 3. The summed E-state index contributed by atoms with van der Waals surface area (Å²) in [5, 5.41) is 13.0. The highest BCUT2D eigenvalue weighted by Gasteiger charge is 2.27. The van der Waals surface area contributed by atoms with E-state index in [9.17, 15) is 0 Å². The molecule has 29 heavy (non-hydrogen) atoms. The molecular formula is C22H23BrN4OS. The van der Waals surface area contributed by atoms with E-state index in [1.807, 2.05) is 18.2 Å². The van der Waals surface area contributed by atoms with Crippen molar-refractivity contribution in [1.29, 1.82) is 0 Å². The molecule has 1 N–H and O–H groups in total. The average Bonchev–Trinajstić information content (AvgIpc) is 2.86. The first-order valence-corrected chi connectivity index (χ1v) is 11.5. The van der Waals surface area contributed by atoms with Crippen LogP contribution in [0, 0.1) is 13.8 Å². The molecule has 0 bridgehead atoms. The fourth-order valence-corrected chi connectivity index (χ4v) is 4.44. The van der Waals surface area contributed by atoms with E-state index in [4.69, 9.17) is 9.72 Å². The molecule has 0 spiro atoms. The lowest BCUT2D eigenvalue weighted by atomic mass is 10.0. The van der Waals surface area contributed by atoms with E-state index in [2.05, 4.69) is 70.4 Å². The number of thioether (sulfide) groups is 1. The van der Waals surface area contributed by atoms with Gasteiger partial charge in [0.25, 0.3) is 0 Å². The van der Waals surface area contributed by atoms with Crippen molar-refractivity contribution < 1.29 is 4.74 Å². The van der Waals surface area contributed by atoms with Crippen molar-refractivity contribution in [3.8, 4) is 17.1 Å². The molecule has 4 rings (SSSR count). The van der Waals surface area contributed by atoms with Gasteiger partial charge in [0.1, 0.15) is 0 Å². The van der Waals surface area contributed by atoms with Gasteiger partial charge in [0.05, 0.1) is 0 Å². The van der Waals surface area contributed by atoms with Crippen LogP contribution in [-0.2, 0) is 0 Å². The highest BCUT2D eigenvalue weighted by molar-refractivity contribution is 9.10. The minimum absolute atomic E-state index is 0.360. The summed E-state index contributed by atoms with van der Waals surface area (Å²) in [4.78, 5) is 4.71. The van der Waals surface area contributed by atoms with Gasteiger partial charge in [-0.25, -0.2) is 0 Å². The van der Waals surface area contributed by atoms with E-state index < -0.39 is 0 Å². The number of ether oxygens (including phenoxy) is 1. The SMILES string of the molecule is CCCCSc1nnc2c(n1)O[C@H](c1cc(C)ccc1C)Nc1ccc(Br)cc1-2.